The Balaban J connectivity index is 1.50. The fourth-order valence-corrected chi connectivity index (χ4v) is 3.92. The molecule has 0 spiro atoms. The molecule has 0 unspecified atom stereocenters. The van der Waals surface area contributed by atoms with Crippen molar-refractivity contribution in [1.82, 2.24) is 4.98 Å². The molecule has 1 aromatic heterocycles. The molecule has 2 aliphatic rings. The van der Waals surface area contributed by atoms with Crippen molar-refractivity contribution < 1.29 is 28.6 Å². The first-order valence-corrected chi connectivity index (χ1v) is 10.2. The molecule has 0 atom stereocenters. The predicted molar refractivity (Wildman–Crippen MR) is 105 cm³/mol. The highest BCUT2D eigenvalue weighted by molar-refractivity contribution is 6.01. The number of rotatable bonds is 8. The summed E-state index contributed by atoms with van der Waals surface area (Å²) in [6, 6.07) is 3.61. The minimum Gasteiger partial charge on any atom is -0.465 e. The van der Waals surface area contributed by atoms with E-state index in [0.29, 0.717) is 18.4 Å². The van der Waals surface area contributed by atoms with Gasteiger partial charge in [-0.25, -0.2) is 4.98 Å². The molecule has 0 N–H and O–H groups in total. The van der Waals surface area contributed by atoms with Crippen LogP contribution in [0.5, 0.6) is 0 Å². The van der Waals surface area contributed by atoms with Crippen LogP contribution < -0.4 is 4.90 Å². The summed E-state index contributed by atoms with van der Waals surface area (Å²) in [5, 5.41) is 0. The van der Waals surface area contributed by atoms with Crippen LogP contribution in [0.25, 0.3) is 0 Å². The molecule has 29 heavy (non-hydrogen) atoms. The SMILES string of the molecule is CCOC(=O)C1(C(=O)OCC)CC(OC2CCN(c3ccc(C=O)cn3)CC2)C1. The normalized spacial score (nSPS) is 19.3. The van der Waals surface area contributed by atoms with Gasteiger partial charge in [0.15, 0.2) is 11.7 Å². The number of pyridine rings is 1. The van der Waals surface area contributed by atoms with Crippen LogP contribution in [-0.4, -0.2) is 61.7 Å². The maximum Gasteiger partial charge on any atom is 0.323 e. The highest BCUT2D eigenvalue weighted by atomic mass is 16.6. The van der Waals surface area contributed by atoms with E-state index in [4.69, 9.17) is 14.2 Å². The van der Waals surface area contributed by atoms with E-state index in [0.717, 1.165) is 38.0 Å². The summed E-state index contributed by atoms with van der Waals surface area (Å²) in [5.74, 6) is -0.183. The lowest BCUT2D eigenvalue weighted by molar-refractivity contribution is -0.196. The topological polar surface area (TPSA) is 95.0 Å². The van der Waals surface area contributed by atoms with E-state index < -0.39 is 17.4 Å². The number of hydrogen-bond donors (Lipinski definition) is 0. The smallest absolute Gasteiger partial charge is 0.323 e. The second kappa shape index (κ2) is 9.35. The lowest BCUT2D eigenvalue weighted by Gasteiger charge is -2.45. The molecule has 1 saturated carbocycles. The molecule has 158 valence electrons. The zero-order valence-electron chi connectivity index (χ0n) is 17.0. The second-order valence-corrected chi connectivity index (χ2v) is 7.44. The van der Waals surface area contributed by atoms with Crippen molar-refractivity contribution in [1.29, 1.82) is 0 Å². The predicted octanol–water partition coefficient (Wildman–Crippen LogP) is 2.15. The van der Waals surface area contributed by atoms with E-state index in [1.54, 1.807) is 26.1 Å². The Morgan fingerprint density at radius 2 is 1.72 bits per heavy atom. The third-order valence-corrected chi connectivity index (χ3v) is 5.54. The second-order valence-electron chi connectivity index (χ2n) is 7.44. The number of piperidine rings is 1. The van der Waals surface area contributed by atoms with E-state index in [1.807, 2.05) is 6.07 Å². The van der Waals surface area contributed by atoms with Crippen molar-refractivity contribution >= 4 is 24.0 Å². The van der Waals surface area contributed by atoms with Crippen molar-refractivity contribution in [2.45, 2.75) is 51.7 Å². The maximum absolute atomic E-state index is 12.3. The summed E-state index contributed by atoms with van der Waals surface area (Å²) < 4.78 is 16.4. The number of hydrogen-bond acceptors (Lipinski definition) is 8. The highest BCUT2D eigenvalue weighted by Gasteiger charge is 2.59. The number of carbonyl (C=O) groups excluding carboxylic acids is 3. The summed E-state index contributed by atoms with van der Waals surface area (Å²) in [7, 11) is 0. The van der Waals surface area contributed by atoms with Crippen LogP contribution >= 0.6 is 0 Å². The van der Waals surface area contributed by atoms with Crippen molar-refractivity contribution in [3.63, 3.8) is 0 Å². The maximum atomic E-state index is 12.3. The molecule has 0 amide bonds. The Morgan fingerprint density at radius 1 is 1.10 bits per heavy atom. The Labute approximate surface area is 170 Å². The minimum atomic E-state index is -1.22. The molecule has 2 fully saturated rings. The fourth-order valence-electron chi connectivity index (χ4n) is 3.92. The number of aldehydes is 1. The van der Waals surface area contributed by atoms with Gasteiger partial charge in [-0.2, -0.15) is 0 Å². The van der Waals surface area contributed by atoms with E-state index in [-0.39, 0.29) is 25.4 Å². The highest BCUT2D eigenvalue weighted by Crippen LogP contribution is 2.46. The summed E-state index contributed by atoms with van der Waals surface area (Å²) in [6.45, 7) is 5.49. The van der Waals surface area contributed by atoms with Gasteiger partial charge in [0.25, 0.3) is 0 Å². The molecular formula is C21H28N2O6. The number of anilines is 1. The number of carbonyl (C=O) groups is 3. The van der Waals surface area contributed by atoms with Gasteiger partial charge < -0.3 is 19.1 Å². The third-order valence-electron chi connectivity index (χ3n) is 5.54. The van der Waals surface area contributed by atoms with Crippen LogP contribution in [0.1, 0.15) is 49.9 Å². The van der Waals surface area contributed by atoms with Gasteiger partial charge in [0.05, 0.1) is 25.4 Å². The number of aromatic nitrogens is 1. The molecule has 1 aliphatic carbocycles. The number of esters is 2. The van der Waals surface area contributed by atoms with Crippen LogP contribution in [0.2, 0.25) is 0 Å². The average molecular weight is 404 g/mol. The van der Waals surface area contributed by atoms with Gasteiger partial charge in [0.1, 0.15) is 5.82 Å². The average Bonchev–Trinajstić information content (AvgIpc) is 2.71. The van der Waals surface area contributed by atoms with Crippen LogP contribution in [0.4, 0.5) is 5.82 Å². The molecule has 3 rings (SSSR count). The Bertz CT molecular complexity index is 701. The summed E-state index contributed by atoms with van der Waals surface area (Å²) >= 11 is 0. The summed E-state index contributed by atoms with van der Waals surface area (Å²) in [5.41, 5.74) is -0.662. The first-order chi connectivity index (χ1) is 14.0. The lowest BCUT2D eigenvalue weighted by Crippen LogP contribution is -2.55. The Morgan fingerprint density at radius 3 is 2.21 bits per heavy atom. The molecule has 2 heterocycles. The van der Waals surface area contributed by atoms with E-state index in [1.165, 1.54) is 0 Å². The summed E-state index contributed by atoms with van der Waals surface area (Å²) in [4.78, 5) is 41.9. The van der Waals surface area contributed by atoms with Crippen molar-refractivity contribution in [2.24, 2.45) is 5.41 Å². The van der Waals surface area contributed by atoms with E-state index in [9.17, 15) is 14.4 Å². The minimum absolute atomic E-state index is 0.0767. The first-order valence-electron chi connectivity index (χ1n) is 10.2. The standard InChI is InChI=1S/C21H28N2O6/c1-3-27-19(25)21(20(26)28-4-2)11-17(12-21)29-16-7-9-23(10-8-16)18-6-5-15(14-24)13-22-18/h5-6,13-14,16-17H,3-4,7-12H2,1-2H3. The van der Waals surface area contributed by atoms with Crippen LogP contribution in [-0.2, 0) is 23.8 Å². The fraction of sp³-hybridized carbons (Fsp3) is 0.619. The third kappa shape index (κ3) is 4.58. The first kappa shape index (κ1) is 21.2. The monoisotopic (exact) mass is 404 g/mol. The van der Waals surface area contributed by atoms with Gasteiger partial charge in [-0.05, 0) is 38.8 Å². The lowest BCUT2D eigenvalue weighted by atomic mass is 9.66. The number of nitrogens with zero attached hydrogens (tertiary/aromatic N) is 2. The van der Waals surface area contributed by atoms with Gasteiger partial charge in [-0.3, -0.25) is 14.4 Å². The van der Waals surface area contributed by atoms with Crippen LogP contribution in [0.15, 0.2) is 18.3 Å². The largest absolute Gasteiger partial charge is 0.465 e. The van der Waals surface area contributed by atoms with Gasteiger partial charge in [0.2, 0.25) is 0 Å². The van der Waals surface area contributed by atoms with Gasteiger partial charge in [-0.1, -0.05) is 0 Å². The molecule has 0 radical (unpaired) electrons. The molecule has 8 heteroatoms. The van der Waals surface area contributed by atoms with E-state index >= 15 is 0 Å². The van der Waals surface area contributed by atoms with Gasteiger partial charge >= 0.3 is 11.9 Å². The van der Waals surface area contributed by atoms with Gasteiger partial charge in [-0.15, -0.1) is 0 Å². The molecule has 0 bridgehead atoms. The van der Waals surface area contributed by atoms with Crippen molar-refractivity contribution in [3.05, 3.63) is 23.9 Å². The van der Waals surface area contributed by atoms with Crippen LogP contribution in [0.3, 0.4) is 0 Å². The van der Waals surface area contributed by atoms with Crippen molar-refractivity contribution in [2.75, 3.05) is 31.2 Å². The molecule has 8 nitrogen and oxygen atoms in total. The Kier molecular flexibility index (Phi) is 6.84. The summed E-state index contributed by atoms with van der Waals surface area (Å²) in [6.07, 6.45) is 4.56. The zero-order valence-corrected chi connectivity index (χ0v) is 17.0. The van der Waals surface area contributed by atoms with Crippen molar-refractivity contribution in [3.8, 4) is 0 Å². The molecular weight excluding hydrogens is 376 g/mol. The molecule has 1 aromatic rings. The number of ether oxygens (including phenoxy) is 3. The zero-order chi connectivity index (χ0) is 20.9. The van der Waals surface area contributed by atoms with Crippen LogP contribution in [0, 0.1) is 5.41 Å². The van der Waals surface area contributed by atoms with E-state index in [2.05, 4.69) is 9.88 Å². The molecule has 1 aliphatic heterocycles. The molecule has 0 aromatic carbocycles. The molecule has 1 saturated heterocycles. The van der Waals surface area contributed by atoms with Gasteiger partial charge in [0, 0.05) is 37.7 Å². The quantitative estimate of drug-likeness (QED) is 0.370. The Hall–Kier alpha value is -2.48.